The lowest BCUT2D eigenvalue weighted by atomic mass is 10.2. The first-order valence-electron chi connectivity index (χ1n) is 6.51. The molecule has 6 heteroatoms. The number of para-hydroxylation sites is 1. The van der Waals surface area contributed by atoms with Crippen LogP contribution in [0.5, 0.6) is 5.75 Å². The SMILES string of the molecule is Cc1ccc(F)cc1S(=O)(=O)Oc1cnc2ccccc2c1. The first-order chi connectivity index (χ1) is 10.5. The van der Waals surface area contributed by atoms with E-state index in [0.29, 0.717) is 5.56 Å². The van der Waals surface area contributed by atoms with Crippen LogP contribution in [0.4, 0.5) is 4.39 Å². The van der Waals surface area contributed by atoms with Gasteiger partial charge in [0.15, 0.2) is 5.75 Å². The van der Waals surface area contributed by atoms with Crippen molar-refractivity contribution >= 4 is 21.0 Å². The highest BCUT2D eigenvalue weighted by molar-refractivity contribution is 7.87. The Kier molecular flexibility index (Phi) is 3.54. The first kappa shape index (κ1) is 14.5. The van der Waals surface area contributed by atoms with Crippen molar-refractivity contribution in [1.82, 2.24) is 4.98 Å². The third-order valence-corrected chi connectivity index (χ3v) is 4.58. The van der Waals surface area contributed by atoms with Gasteiger partial charge in [-0.05, 0) is 36.8 Å². The molecule has 0 amide bonds. The molecule has 2 aromatic carbocycles. The maximum atomic E-state index is 13.3. The van der Waals surface area contributed by atoms with Gasteiger partial charge in [-0.2, -0.15) is 8.42 Å². The van der Waals surface area contributed by atoms with E-state index < -0.39 is 15.9 Å². The monoisotopic (exact) mass is 317 g/mol. The van der Waals surface area contributed by atoms with Crippen LogP contribution in [0.2, 0.25) is 0 Å². The van der Waals surface area contributed by atoms with Gasteiger partial charge in [0.2, 0.25) is 0 Å². The van der Waals surface area contributed by atoms with Crippen LogP contribution in [0, 0.1) is 12.7 Å². The average molecular weight is 317 g/mol. The summed E-state index contributed by atoms with van der Waals surface area (Å²) in [5.41, 5.74) is 1.14. The standard InChI is InChI=1S/C16H12FNO3S/c1-11-6-7-13(17)9-16(11)22(19,20)21-14-8-12-4-2-3-5-15(12)18-10-14/h2-10H,1H3. The van der Waals surface area contributed by atoms with Crippen LogP contribution in [0.1, 0.15) is 5.56 Å². The summed E-state index contributed by atoms with van der Waals surface area (Å²) in [4.78, 5) is 3.94. The predicted octanol–water partition coefficient (Wildman–Crippen LogP) is 3.45. The lowest BCUT2D eigenvalue weighted by Gasteiger charge is -2.09. The fourth-order valence-corrected chi connectivity index (χ4v) is 3.26. The minimum Gasteiger partial charge on any atom is -0.377 e. The number of benzene rings is 2. The van der Waals surface area contributed by atoms with E-state index in [1.165, 1.54) is 18.3 Å². The summed E-state index contributed by atoms with van der Waals surface area (Å²) in [6.45, 7) is 1.58. The maximum absolute atomic E-state index is 13.3. The molecule has 0 N–H and O–H groups in total. The average Bonchev–Trinajstić information content (AvgIpc) is 2.49. The van der Waals surface area contributed by atoms with E-state index in [9.17, 15) is 12.8 Å². The molecule has 1 heterocycles. The Morgan fingerprint density at radius 3 is 2.68 bits per heavy atom. The predicted molar refractivity (Wildman–Crippen MR) is 80.7 cm³/mol. The second kappa shape index (κ2) is 5.38. The Hall–Kier alpha value is -2.47. The normalized spacial score (nSPS) is 11.5. The van der Waals surface area contributed by atoms with Gasteiger partial charge in [0.1, 0.15) is 10.7 Å². The van der Waals surface area contributed by atoms with Gasteiger partial charge >= 0.3 is 10.1 Å². The molecule has 4 nitrogen and oxygen atoms in total. The fourth-order valence-electron chi connectivity index (χ4n) is 2.11. The summed E-state index contributed by atoms with van der Waals surface area (Å²) < 4.78 is 43.0. The molecule has 0 aliphatic carbocycles. The van der Waals surface area contributed by atoms with E-state index in [1.807, 2.05) is 18.2 Å². The molecule has 22 heavy (non-hydrogen) atoms. The van der Waals surface area contributed by atoms with Gasteiger partial charge in [-0.3, -0.25) is 4.98 Å². The largest absolute Gasteiger partial charge is 0.377 e. The molecule has 0 aliphatic rings. The third-order valence-electron chi connectivity index (χ3n) is 3.19. The molecule has 3 rings (SSSR count). The second-order valence-electron chi connectivity index (χ2n) is 4.81. The number of aryl methyl sites for hydroxylation is 1. The van der Waals surface area contributed by atoms with Gasteiger partial charge in [-0.25, -0.2) is 4.39 Å². The number of pyridine rings is 1. The molecular weight excluding hydrogens is 305 g/mol. The lowest BCUT2D eigenvalue weighted by molar-refractivity contribution is 0.483. The maximum Gasteiger partial charge on any atom is 0.339 e. The minimum absolute atomic E-state index is 0.0855. The number of nitrogens with zero attached hydrogens (tertiary/aromatic N) is 1. The zero-order valence-corrected chi connectivity index (χ0v) is 12.5. The van der Waals surface area contributed by atoms with Crippen molar-refractivity contribution in [3.63, 3.8) is 0 Å². The number of hydrogen-bond donors (Lipinski definition) is 0. The molecular formula is C16H12FNO3S. The van der Waals surface area contributed by atoms with Gasteiger partial charge < -0.3 is 4.18 Å². The molecule has 0 aliphatic heterocycles. The van der Waals surface area contributed by atoms with Gasteiger partial charge in [0.25, 0.3) is 0 Å². The van der Waals surface area contributed by atoms with Crippen LogP contribution in [-0.2, 0) is 10.1 Å². The van der Waals surface area contributed by atoms with Crippen molar-refractivity contribution in [3.05, 3.63) is 66.1 Å². The number of halogens is 1. The molecule has 0 unspecified atom stereocenters. The van der Waals surface area contributed by atoms with Crippen LogP contribution < -0.4 is 4.18 Å². The Balaban J connectivity index is 2.01. The summed E-state index contributed by atoms with van der Waals surface area (Å²) in [6.07, 6.45) is 1.33. The van der Waals surface area contributed by atoms with E-state index in [4.69, 9.17) is 4.18 Å². The summed E-state index contributed by atoms with van der Waals surface area (Å²) in [5.74, 6) is -0.549. The van der Waals surface area contributed by atoms with E-state index in [-0.39, 0.29) is 10.6 Å². The van der Waals surface area contributed by atoms with Crippen LogP contribution in [0.3, 0.4) is 0 Å². The van der Waals surface area contributed by atoms with Crippen molar-refractivity contribution in [3.8, 4) is 5.75 Å². The topological polar surface area (TPSA) is 56.3 Å². The number of rotatable bonds is 3. The second-order valence-corrected chi connectivity index (χ2v) is 6.33. The number of aromatic nitrogens is 1. The van der Waals surface area contributed by atoms with E-state index in [0.717, 1.165) is 17.0 Å². The minimum atomic E-state index is -4.12. The smallest absolute Gasteiger partial charge is 0.339 e. The third kappa shape index (κ3) is 2.78. The molecule has 0 spiro atoms. The van der Waals surface area contributed by atoms with Crippen molar-refractivity contribution in [2.24, 2.45) is 0 Å². The van der Waals surface area contributed by atoms with Gasteiger partial charge in [0, 0.05) is 5.39 Å². The lowest BCUT2D eigenvalue weighted by Crippen LogP contribution is -2.11. The highest BCUT2D eigenvalue weighted by atomic mass is 32.2. The van der Waals surface area contributed by atoms with E-state index >= 15 is 0 Å². The van der Waals surface area contributed by atoms with Crippen LogP contribution >= 0.6 is 0 Å². The van der Waals surface area contributed by atoms with Crippen molar-refractivity contribution < 1.29 is 17.0 Å². The quantitative estimate of drug-likeness (QED) is 0.694. The summed E-state index contributed by atoms with van der Waals surface area (Å²) in [6, 6.07) is 12.4. The molecule has 0 bridgehead atoms. The molecule has 0 fully saturated rings. The molecule has 1 aromatic heterocycles. The Morgan fingerprint density at radius 1 is 1.09 bits per heavy atom. The van der Waals surface area contributed by atoms with E-state index in [2.05, 4.69) is 4.98 Å². The highest BCUT2D eigenvalue weighted by Crippen LogP contribution is 2.24. The van der Waals surface area contributed by atoms with Crippen LogP contribution in [-0.4, -0.2) is 13.4 Å². The number of hydrogen-bond acceptors (Lipinski definition) is 4. The van der Waals surface area contributed by atoms with Crippen molar-refractivity contribution in [1.29, 1.82) is 0 Å². The molecule has 0 saturated carbocycles. The summed E-state index contributed by atoms with van der Waals surface area (Å²) >= 11 is 0. The highest BCUT2D eigenvalue weighted by Gasteiger charge is 2.20. The Morgan fingerprint density at radius 2 is 1.86 bits per heavy atom. The molecule has 0 atom stereocenters. The molecule has 112 valence electrons. The van der Waals surface area contributed by atoms with Crippen LogP contribution in [0.25, 0.3) is 10.9 Å². The van der Waals surface area contributed by atoms with Crippen molar-refractivity contribution in [2.45, 2.75) is 11.8 Å². The van der Waals surface area contributed by atoms with Gasteiger partial charge in [-0.1, -0.05) is 24.3 Å². The zero-order valence-electron chi connectivity index (χ0n) is 11.7. The summed E-state index contributed by atoms with van der Waals surface area (Å²) in [5, 5.41) is 0.756. The Bertz CT molecular complexity index is 955. The number of fused-ring (bicyclic) bond motifs is 1. The fraction of sp³-hybridized carbons (Fsp3) is 0.0625. The zero-order chi connectivity index (χ0) is 15.7. The van der Waals surface area contributed by atoms with Crippen LogP contribution in [0.15, 0.2) is 59.6 Å². The van der Waals surface area contributed by atoms with Gasteiger partial charge in [-0.15, -0.1) is 0 Å². The molecule has 3 aromatic rings. The first-order valence-corrected chi connectivity index (χ1v) is 7.92. The van der Waals surface area contributed by atoms with Crippen molar-refractivity contribution in [2.75, 3.05) is 0 Å². The van der Waals surface area contributed by atoms with Gasteiger partial charge in [0.05, 0.1) is 11.7 Å². The summed E-state index contributed by atoms with van der Waals surface area (Å²) in [7, 11) is -4.12. The van der Waals surface area contributed by atoms with E-state index in [1.54, 1.807) is 19.1 Å². The molecule has 0 saturated heterocycles. The Labute approximate surface area is 127 Å². The molecule has 0 radical (unpaired) electrons.